The van der Waals surface area contributed by atoms with Gasteiger partial charge < -0.3 is 10.6 Å². The van der Waals surface area contributed by atoms with Gasteiger partial charge in [0.05, 0.1) is 4.90 Å². The molecule has 0 saturated heterocycles. The van der Waals surface area contributed by atoms with Gasteiger partial charge in [0.1, 0.15) is 0 Å². The molecule has 0 bridgehead atoms. The van der Waals surface area contributed by atoms with Crippen LogP contribution in [0.4, 0.5) is 10.5 Å². The van der Waals surface area contributed by atoms with E-state index in [9.17, 15) is 13.2 Å². The molecule has 2 aromatic carbocycles. The summed E-state index contributed by atoms with van der Waals surface area (Å²) in [6.45, 7) is 10.0. The number of hydrogen-bond donors (Lipinski definition) is 2. The van der Waals surface area contributed by atoms with Gasteiger partial charge in [0.2, 0.25) is 0 Å². The zero-order valence-electron chi connectivity index (χ0n) is 23.6. The number of anilines is 1. The van der Waals surface area contributed by atoms with Gasteiger partial charge in [-0.2, -0.15) is 0 Å². The lowest BCUT2D eigenvalue weighted by atomic mass is 10.0. The van der Waals surface area contributed by atoms with Crippen molar-refractivity contribution in [1.82, 2.24) is 14.3 Å². The zero-order valence-corrected chi connectivity index (χ0v) is 24.4. The third-order valence-electron chi connectivity index (χ3n) is 6.66. The van der Waals surface area contributed by atoms with Crippen molar-refractivity contribution in [2.24, 2.45) is 4.99 Å². The van der Waals surface area contributed by atoms with Gasteiger partial charge in [0.15, 0.2) is 5.65 Å². The number of allylic oxidation sites excluding steroid dienone is 3. The molecule has 2 amide bonds. The number of unbranched alkanes of at least 4 members (excludes halogenated alkanes) is 1. The highest BCUT2D eigenvalue weighted by atomic mass is 32.2. The number of pyridine rings is 1. The number of aliphatic imine (C=N–C) groups is 1. The fourth-order valence-corrected chi connectivity index (χ4v) is 5.73. The number of benzene rings is 2. The first kappa shape index (κ1) is 29.5. The van der Waals surface area contributed by atoms with Crippen LogP contribution in [0.25, 0.3) is 16.6 Å². The van der Waals surface area contributed by atoms with Crippen LogP contribution in [-0.2, 0) is 16.4 Å². The summed E-state index contributed by atoms with van der Waals surface area (Å²) in [5.74, 6) is 0. The van der Waals surface area contributed by atoms with Crippen LogP contribution in [0, 0.1) is 6.92 Å². The van der Waals surface area contributed by atoms with Crippen LogP contribution in [0.1, 0.15) is 48.9 Å². The summed E-state index contributed by atoms with van der Waals surface area (Å²) < 4.78 is 28.7. The van der Waals surface area contributed by atoms with E-state index in [4.69, 9.17) is 0 Å². The molecule has 2 N–H and O–H groups in total. The predicted octanol–water partition coefficient (Wildman–Crippen LogP) is 6.71. The van der Waals surface area contributed by atoms with Crippen LogP contribution >= 0.6 is 0 Å². The van der Waals surface area contributed by atoms with Gasteiger partial charge >= 0.3 is 6.03 Å². The molecule has 0 fully saturated rings. The fraction of sp³-hybridized carbons (Fsp3) is 0.219. The van der Waals surface area contributed by atoms with E-state index >= 15 is 0 Å². The molecule has 0 aliphatic rings. The SMILES string of the molecule is C=N/C=C\C=C(/C)c1cnc2c(c1)c(Cc1cccc(NC(=O)NCCCC)c1)cn2S(=O)(=O)c1ccc(C)cc1. The van der Waals surface area contributed by atoms with Crippen molar-refractivity contribution in [1.29, 1.82) is 0 Å². The Morgan fingerprint density at radius 1 is 1.15 bits per heavy atom. The number of urea groups is 1. The number of rotatable bonds is 11. The molecule has 0 aliphatic carbocycles. The molecule has 4 aromatic rings. The minimum Gasteiger partial charge on any atom is -0.338 e. The molecule has 0 saturated carbocycles. The summed E-state index contributed by atoms with van der Waals surface area (Å²) in [5, 5.41) is 6.46. The zero-order chi connectivity index (χ0) is 29.4. The van der Waals surface area contributed by atoms with E-state index in [1.165, 1.54) is 3.97 Å². The Kier molecular flexibility index (Phi) is 9.52. The number of aryl methyl sites for hydroxylation is 1. The largest absolute Gasteiger partial charge is 0.338 e. The summed E-state index contributed by atoms with van der Waals surface area (Å²) in [6.07, 6.45) is 11.0. The molecule has 8 nitrogen and oxygen atoms in total. The maximum atomic E-state index is 13.7. The number of nitrogens with zero attached hydrogens (tertiary/aromatic N) is 3. The van der Waals surface area contributed by atoms with E-state index in [2.05, 4.69) is 34.3 Å². The van der Waals surface area contributed by atoms with Crippen LogP contribution in [-0.4, -0.2) is 36.7 Å². The molecule has 0 spiro atoms. The van der Waals surface area contributed by atoms with Crippen molar-refractivity contribution in [2.75, 3.05) is 11.9 Å². The summed E-state index contributed by atoms with van der Waals surface area (Å²) in [5.41, 5.74) is 5.50. The van der Waals surface area contributed by atoms with Gasteiger partial charge in [-0.25, -0.2) is 22.2 Å². The molecule has 9 heteroatoms. The fourth-order valence-electron chi connectivity index (χ4n) is 4.38. The predicted molar refractivity (Wildman–Crippen MR) is 167 cm³/mol. The summed E-state index contributed by atoms with van der Waals surface area (Å²) in [7, 11) is -3.90. The molecule has 212 valence electrons. The average Bonchev–Trinajstić information content (AvgIpc) is 3.32. The normalized spacial score (nSPS) is 12.1. The first-order chi connectivity index (χ1) is 19.7. The van der Waals surface area contributed by atoms with Crippen LogP contribution in [0.5, 0.6) is 0 Å². The second kappa shape index (κ2) is 13.2. The van der Waals surface area contributed by atoms with Gasteiger partial charge in [-0.1, -0.05) is 49.2 Å². The van der Waals surface area contributed by atoms with Gasteiger partial charge in [-0.15, -0.1) is 0 Å². The smallest absolute Gasteiger partial charge is 0.319 e. The summed E-state index contributed by atoms with van der Waals surface area (Å²) in [6, 6.07) is 16.0. The summed E-state index contributed by atoms with van der Waals surface area (Å²) in [4.78, 5) is 20.8. The van der Waals surface area contributed by atoms with Crippen molar-refractivity contribution in [3.05, 3.63) is 108 Å². The van der Waals surface area contributed by atoms with E-state index < -0.39 is 10.0 Å². The number of aromatic nitrogens is 2. The minimum atomic E-state index is -3.90. The summed E-state index contributed by atoms with van der Waals surface area (Å²) >= 11 is 0. The van der Waals surface area contributed by atoms with Crippen molar-refractivity contribution in [3.63, 3.8) is 0 Å². The van der Waals surface area contributed by atoms with E-state index in [0.717, 1.165) is 46.1 Å². The number of carbonyl (C=O) groups is 1. The third kappa shape index (κ3) is 7.18. The molecular formula is C32H35N5O3S. The maximum absolute atomic E-state index is 13.7. The second-order valence-corrected chi connectivity index (χ2v) is 11.7. The Hall–Kier alpha value is -4.50. The maximum Gasteiger partial charge on any atom is 0.319 e. The van der Waals surface area contributed by atoms with E-state index in [-0.39, 0.29) is 10.9 Å². The quantitative estimate of drug-likeness (QED) is 0.119. The molecular weight excluding hydrogens is 534 g/mol. The van der Waals surface area contributed by atoms with Crippen molar-refractivity contribution >= 4 is 45.1 Å². The number of amides is 2. The third-order valence-corrected chi connectivity index (χ3v) is 8.32. The van der Waals surface area contributed by atoms with Gasteiger partial charge in [-0.3, -0.25) is 4.99 Å². The van der Waals surface area contributed by atoms with Gasteiger partial charge in [0, 0.05) is 36.2 Å². The number of fused-ring (bicyclic) bond motifs is 1. The topological polar surface area (TPSA) is 105 Å². The molecule has 2 aromatic heterocycles. The second-order valence-electron chi connectivity index (χ2n) is 9.85. The molecule has 0 atom stereocenters. The highest BCUT2D eigenvalue weighted by molar-refractivity contribution is 7.90. The average molecular weight is 570 g/mol. The Labute approximate surface area is 241 Å². The van der Waals surface area contributed by atoms with E-state index in [1.807, 2.05) is 50.3 Å². The molecule has 4 rings (SSSR count). The Morgan fingerprint density at radius 3 is 2.66 bits per heavy atom. The number of carbonyl (C=O) groups excluding carboxylic acids is 1. The number of hydrogen-bond acceptors (Lipinski definition) is 5. The minimum absolute atomic E-state index is 0.191. The lowest BCUT2D eigenvalue weighted by molar-refractivity contribution is 0.252. The first-order valence-corrected chi connectivity index (χ1v) is 14.9. The van der Waals surface area contributed by atoms with E-state index in [1.54, 1.807) is 48.9 Å². The van der Waals surface area contributed by atoms with Crippen molar-refractivity contribution in [3.8, 4) is 0 Å². The lowest BCUT2D eigenvalue weighted by Crippen LogP contribution is -2.29. The molecule has 0 aliphatic heterocycles. The molecule has 41 heavy (non-hydrogen) atoms. The Morgan fingerprint density at radius 2 is 1.93 bits per heavy atom. The van der Waals surface area contributed by atoms with Crippen molar-refractivity contribution in [2.45, 2.75) is 44.9 Å². The molecule has 0 unspecified atom stereocenters. The van der Waals surface area contributed by atoms with Gasteiger partial charge in [0.25, 0.3) is 10.0 Å². The lowest BCUT2D eigenvalue weighted by Gasteiger charge is -2.09. The van der Waals surface area contributed by atoms with Crippen LogP contribution < -0.4 is 10.6 Å². The standard InChI is InChI=1S/C32H35N5O3S/c1-5-6-17-34-32(38)36-28-11-7-10-25(19-28)18-27-22-37(41(39,40)29-14-12-23(2)13-15-29)31-30(27)20-26(21-35-31)24(3)9-8-16-33-4/h7-16,19-22H,4-6,17-18H2,1-3H3,(H2,34,36,38)/b16-8-,24-9+. The Balaban J connectivity index is 1.75. The molecule has 0 radical (unpaired) electrons. The van der Waals surface area contributed by atoms with Gasteiger partial charge in [-0.05, 0) is 92.1 Å². The van der Waals surface area contributed by atoms with Crippen LogP contribution in [0.3, 0.4) is 0 Å². The molecule has 2 heterocycles. The van der Waals surface area contributed by atoms with Crippen molar-refractivity contribution < 1.29 is 13.2 Å². The Bertz CT molecular complexity index is 1720. The number of nitrogens with one attached hydrogen (secondary N) is 2. The highest BCUT2D eigenvalue weighted by Gasteiger charge is 2.23. The highest BCUT2D eigenvalue weighted by Crippen LogP contribution is 2.29. The van der Waals surface area contributed by atoms with Crippen LogP contribution in [0.15, 0.2) is 95.2 Å². The first-order valence-electron chi connectivity index (χ1n) is 13.5. The monoisotopic (exact) mass is 569 g/mol. The van der Waals surface area contributed by atoms with Crippen LogP contribution in [0.2, 0.25) is 0 Å². The van der Waals surface area contributed by atoms with E-state index in [0.29, 0.717) is 24.3 Å².